The number of hydrogen-bond acceptors (Lipinski definition) is 6. The Hall–Kier alpha value is -3.03. The SMILES string of the molecule is CCOC(=O)COc1c(Cl)cc(/C=N/NC(=O)c2cc3ccccc3o2)cc1Cl. The van der Waals surface area contributed by atoms with Crippen LogP contribution in [-0.2, 0) is 9.53 Å². The topological polar surface area (TPSA) is 90.1 Å². The second-order valence-corrected chi connectivity index (χ2v) is 6.57. The van der Waals surface area contributed by atoms with Crippen molar-refractivity contribution in [1.82, 2.24) is 5.43 Å². The summed E-state index contributed by atoms with van der Waals surface area (Å²) in [7, 11) is 0. The van der Waals surface area contributed by atoms with Crippen molar-refractivity contribution < 1.29 is 23.5 Å². The van der Waals surface area contributed by atoms with E-state index in [1.165, 1.54) is 18.3 Å². The molecule has 1 heterocycles. The van der Waals surface area contributed by atoms with Crippen LogP contribution in [0, 0.1) is 0 Å². The minimum absolute atomic E-state index is 0.141. The van der Waals surface area contributed by atoms with E-state index in [2.05, 4.69) is 10.5 Å². The second-order valence-electron chi connectivity index (χ2n) is 5.75. The van der Waals surface area contributed by atoms with E-state index in [9.17, 15) is 9.59 Å². The fourth-order valence-electron chi connectivity index (χ4n) is 2.44. The van der Waals surface area contributed by atoms with E-state index in [0.29, 0.717) is 11.1 Å². The molecular formula is C20H16Cl2N2O5. The van der Waals surface area contributed by atoms with E-state index in [4.69, 9.17) is 37.1 Å². The van der Waals surface area contributed by atoms with E-state index < -0.39 is 11.9 Å². The molecule has 0 aliphatic carbocycles. The highest BCUT2D eigenvalue weighted by molar-refractivity contribution is 6.37. The zero-order chi connectivity index (χ0) is 20.8. The Labute approximate surface area is 176 Å². The summed E-state index contributed by atoms with van der Waals surface area (Å²) >= 11 is 12.3. The first kappa shape index (κ1) is 20.7. The first-order chi connectivity index (χ1) is 14.0. The summed E-state index contributed by atoms with van der Waals surface area (Å²) < 4.78 is 15.5. The number of carbonyl (C=O) groups excluding carboxylic acids is 2. The van der Waals surface area contributed by atoms with Crippen LogP contribution in [0.2, 0.25) is 10.0 Å². The number of amides is 1. The summed E-state index contributed by atoms with van der Waals surface area (Å²) in [5.41, 5.74) is 3.51. The average Bonchev–Trinajstić information content (AvgIpc) is 3.12. The van der Waals surface area contributed by atoms with Crippen LogP contribution in [0.4, 0.5) is 0 Å². The number of nitrogens with one attached hydrogen (secondary N) is 1. The maximum absolute atomic E-state index is 12.2. The van der Waals surface area contributed by atoms with Gasteiger partial charge in [0.2, 0.25) is 0 Å². The van der Waals surface area contributed by atoms with Gasteiger partial charge in [-0.3, -0.25) is 4.79 Å². The lowest BCUT2D eigenvalue weighted by Crippen LogP contribution is -2.16. The molecule has 0 fully saturated rings. The van der Waals surface area contributed by atoms with E-state index in [1.807, 2.05) is 18.2 Å². The summed E-state index contributed by atoms with van der Waals surface area (Å²) in [6, 6.07) is 12.0. The van der Waals surface area contributed by atoms with Crippen molar-refractivity contribution in [2.45, 2.75) is 6.92 Å². The van der Waals surface area contributed by atoms with E-state index in [1.54, 1.807) is 19.1 Å². The van der Waals surface area contributed by atoms with Gasteiger partial charge in [-0.25, -0.2) is 10.2 Å². The molecule has 3 rings (SSSR count). The molecule has 0 atom stereocenters. The van der Waals surface area contributed by atoms with Gasteiger partial charge in [0.25, 0.3) is 0 Å². The molecule has 0 aliphatic heterocycles. The number of para-hydroxylation sites is 1. The predicted molar refractivity (Wildman–Crippen MR) is 110 cm³/mol. The van der Waals surface area contributed by atoms with Crippen molar-refractivity contribution in [2.24, 2.45) is 5.10 Å². The molecular weight excluding hydrogens is 419 g/mol. The van der Waals surface area contributed by atoms with Crippen LogP contribution in [0.25, 0.3) is 11.0 Å². The van der Waals surface area contributed by atoms with Gasteiger partial charge >= 0.3 is 11.9 Å². The fraction of sp³-hybridized carbons (Fsp3) is 0.150. The Morgan fingerprint density at radius 2 is 1.90 bits per heavy atom. The highest BCUT2D eigenvalue weighted by Crippen LogP contribution is 2.33. The van der Waals surface area contributed by atoms with Crippen LogP contribution in [0.1, 0.15) is 23.0 Å². The summed E-state index contributed by atoms with van der Waals surface area (Å²) in [6.07, 6.45) is 1.37. The van der Waals surface area contributed by atoms with E-state index in [0.717, 1.165) is 5.39 Å². The minimum Gasteiger partial charge on any atom is -0.479 e. The van der Waals surface area contributed by atoms with Crippen LogP contribution in [0.5, 0.6) is 5.75 Å². The van der Waals surface area contributed by atoms with Crippen molar-refractivity contribution in [3.63, 3.8) is 0 Å². The van der Waals surface area contributed by atoms with Crippen molar-refractivity contribution in [2.75, 3.05) is 13.2 Å². The molecule has 0 saturated carbocycles. The van der Waals surface area contributed by atoms with Crippen molar-refractivity contribution in [3.05, 3.63) is 63.8 Å². The number of carbonyl (C=O) groups is 2. The molecule has 0 bridgehead atoms. The van der Waals surface area contributed by atoms with Gasteiger partial charge in [0, 0.05) is 5.39 Å². The average molecular weight is 435 g/mol. The van der Waals surface area contributed by atoms with Gasteiger partial charge in [-0.05, 0) is 36.8 Å². The molecule has 0 radical (unpaired) electrons. The minimum atomic E-state index is -0.529. The molecule has 9 heteroatoms. The third kappa shape index (κ3) is 5.28. The normalized spacial score (nSPS) is 11.0. The lowest BCUT2D eigenvalue weighted by Gasteiger charge is -2.10. The van der Waals surface area contributed by atoms with Gasteiger partial charge in [-0.15, -0.1) is 0 Å². The standard InChI is InChI=1S/C20H16Cl2N2O5/c1-2-27-18(25)11-28-19-14(21)7-12(8-15(19)22)10-23-24-20(26)17-9-13-5-3-4-6-16(13)29-17/h3-10H,2,11H2,1H3,(H,24,26)/b23-10+. The number of halogens is 2. The van der Waals surface area contributed by atoms with Crippen LogP contribution in [0.15, 0.2) is 52.0 Å². The smallest absolute Gasteiger partial charge is 0.344 e. The van der Waals surface area contributed by atoms with Gasteiger partial charge < -0.3 is 13.9 Å². The largest absolute Gasteiger partial charge is 0.479 e. The van der Waals surface area contributed by atoms with Crippen LogP contribution >= 0.6 is 23.2 Å². The zero-order valence-corrected chi connectivity index (χ0v) is 16.8. The summed E-state index contributed by atoms with van der Waals surface area (Å²) in [4.78, 5) is 23.5. The maximum Gasteiger partial charge on any atom is 0.344 e. The quantitative estimate of drug-likeness (QED) is 0.337. The third-order valence-electron chi connectivity index (χ3n) is 3.69. The number of fused-ring (bicyclic) bond motifs is 1. The molecule has 7 nitrogen and oxygen atoms in total. The first-order valence-corrected chi connectivity index (χ1v) is 9.33. The summed E-state index contributed by atoms with van der Waals surface area (Å²) in [6.45, 7) is 1.63. The molecule has 0 saturated heterocycles. The number of hydrogen-bond donors (Lipinski definition) is 1. The number of hydrazone groups is 1. The van der Waals surface area contributed by atoms with Crippen molar-refractivity contribution >= 4 is 52.3 Å². The van der Waals surface area contributed by atoms with Gasteiger partial charge in [-0.1, -0.05) is 41.4 Å². The Morgan fingerprint density at radius 1 is 1.17 bits per heavy atom. The number of ether oxygens (including phenoxy) is 2. The molecule has 1 N–H and O–H groups in total. The third-order valence-corrected chi connectivity index (χ3v) is 4.25. The van der Waals surface area contributed by atoms with Crippen LogP contribution < -0.4 is 10.2 Å². The van der Waals surface area contributed by atoms with Gasteiger partial charge in [0.15, 0.2) is 18.1 Å². The predicted octanol–water partition coefficient (Wildman–Crippen LogP) is 4.45. The Morgan fingerprint density at radius 3 is 2.59 bits per heavy atom. The molecule has 0 spiro atoms. The monoisotopic (exact) mass is 434 g/mol. The number of nitrogens with zero attached hydrogens (tertiary/aromatic N) is 1. The van der Waals surface area contributed by atoms with E-state index in [-0.39, 0.29) is 34.8 Å². The molecule has 3 aromatic rings. The zero-order valence-electron chi connectivity index (χ0n) is 15.3. The maximum atomic E-state index is 12.2. The summed E-state index contributed by atoms with van der Waals surface area (Å²) in [5.74, 6) is -0.727. The Balaban J connectivity index is 1.64. The molecule has 150 valence electrons. The highest BCUT2D eigenvalue weighted by Gasteiger charge is 2.13. The second kappa shape index (κ2) is 9.45. The lowest BCUT2D eigenvalue weighted by atomic mass is 10.2. The number of benzene rings is 2. The van der Waals surface area contributed by atoms with Crippen molar-refractivity contribution in [3.8, 4) is 5.75 Å². The molecule has 1 aromatic heterocycles. The highest BCUT2D eigenvalue weighted by atomic mass is 35.5. The molecule has 0 unspecified atom stereocenters. The number of esters is 1. The van der Waals surface area contributed by atoms with Crippen LogP contribution in [0.3, 0.4) is 0 Å². The lowest BCUT2D eigenvalue weighted by molar-refractivity contribution is -0.145. The Kier molecular flexibility index (Phi) is 6.74. The number of rotatable bonds is 7. The van der Waals surface area contributed by atoms with Gasteiger partial charge in [-0.2, -0.15) is 5.10 Å². The van der Waals surface area contributed by atoms with Crippen molar-refractivity contribution in [1.29, 1.82) is 0 Å². The number of furan rings is 1. The van der Waals surface area contributed by atoms with Crippen LogP contribution in [-0.4, -0.2) is 31.3 Å². The van der Waals surface area contributed by atoms with Gasteiger partial charge in [0.1, 0.15) is 5.58 Å². The molecule has 29 heavy (non-hydrogen) atoms. The molecule has 2 aromatic carbocycles. The Bertz CT molecular complexity index is 1020. The molecule has 1 amide bonds. The molecule has 0 aliphatic rings. The summed E-state index contributed by atoms with van der Waals surface area (Å²) in [5, 5.41) is 5.07. The van der Waals surface area contributed by atoms with Gasteiger partial charge in [0.05, 0.1) is 22.9 Å². The first-order valence-electron chi connectivity index (χ1n) is 8.57. The van der Waals surface area contributed by atoms with E-state index >= 15 is 0 Å². The fourth-order valence-corrected chi connectivity index (χ4v) is 3.05.